The zero-order valence-electron chi connectivity index (χ0n) is 17.5. The van der Waals surface area contributed by atoms with Gasteiger partial charge in [0, 0.05) is 20.5 Å². The molecule has 3 N–H and O–H groups in total. The number of hydrogen-bond acceptors (Lipinski definition) is 7. The van der Waals surface area contributed by atoms with Gasteiger partial charge in [0.1, 0.15) is 0 Å². The number of nitrogens with zero attached hydrogens (tertiary/aromatic N) is 2. The molecule has 0 fully saturated rings. The first-order valence-electron chi connectivity index (χ1n) is 10.2. The SMILES string of the molecule is O=C(O)c1ccnc(-c2cc(C(=O)O)cc(C3C=C(/C=C/c4cc5sccc5s4)C=CN3)n2)c1. The average Bonchev–Trinajstić information content (AvgIpc) is 3.45. The maximum absolute atomic E-state index is 11.8. The fourth-order valence-corrected chi connectivity index (χ4v) is 5.56. The van der Waals surface area contributed by atoms with Gasteiger partial charge in [0.2, 0.25) is 0 Å². The number of carbonyl (C=O) groups is 2. The van der Waals surface area contributed by atoms with Gasteiger partial charge < -0.3 is 15.5 Å². The fraction of sp³-hybridized carbons (Fsp3) is 0.0400. The van der Waals surface area contributed by atoms with E-state index in [1.165, 1.54) is 39.9 Å². The monoisotopic (exact) mass is 487 g/mol. The van der Waals surface area contributed by atoms with Gasteiger partial charge in [-0.2, -0.15) is 0 Å². The third kappa shape index (κ3) is 4.52. The number of hydrogen-bond donors (Lipinski definition) is 3. The van der Waals surface area contributed by atoms with Crippen molar-refractivity contribution >= 4 is 50.1 Å². The Kier molecular flexibility index (Phi) is 5.79. The lowest BCUT2D eigenvalue weighted by Crippen LogP contribution is -2.18. The molecule has 0 saturated carbocycles. The molecule has 1 unspecified atom stereocenters. The number of aromatic nitrogens is 2. The van der Waals surface area contributed by atoms with E-state index < -0.39 is 11.9 Å². The van der Waals surface area contributed by atoms with Crippen molar-refractivity contribution in [3.8, 4) is 11.4 Å². The molecular formula is C25H17N3O4S2. The van der Waals surface area contributed by atoms with Crippen molar-refractivity contribution < 1.29 is 19.8 Å². The third-order valence-corrected chi connectivity index (χ3v) is 7.25. The van der Waals surface area contributed by atoms with E-state index in [-0.39, 0.29) is 22.9 Å². The highest BCUT2D eigenvalue weighted by Crippen LogP contribution is 2.31. The number of dihydropyridines is 1. The van der Waals surface area contributed by atoms with E-state index in [0.29, 0.717) is 11.4 Å². The van der Waals surface area contributed by atoms with Gasteiger partial charge in [-0.15, -0.1) is 22.7 Å². The summed E-state index contributed by atoms with van der Waals surface area (Å²) in [5.74, 6) is -2.20. The number of aromatic carboxylic acids is 2. The van der Waals surface area contributed by atoms with Gasteiger partial charge in [0.15, 0.2) is 0 Å². The Bertz CT molecular complexity index is 1480. The Morgan fingerprint density at radius 2 is 1.79 bits per heavy atom. The molecule has 4 aromatic rings. The molecule has 34 heavy (non-hydrogen) atoms. The maximum Gasteiger partial charge on any atom is 0.335 e. The van der Waals surface area contributed by atoms with Crippen molar-refractivity contribution in [2.75, 3.05) is 0 Å². The standard InChI is InChI=1S/C25H17N3O4S2/c29-24(30)15-4-7-27-19(10-15)21-12-16(25(31)32)11-20(28-21)18-9-14(3-6-26-18)1-2-17-13-23-22(34-17)5-8-33-23/h1-13,18,26H,(H,29,30)(H,31,32)/b2-1+. The summed E-state index contributed by atoms with van der Waals surface area (Å²) in [4.78, 5) is 33.1. The third-order valence-electron chi connectivity index (χ3n) is 5.19. The number of allylic oxidation sites excluding steroid dienone is 3. The summed E-state index contributed by atoms with van der Waals surface area (Å²) >= 11 is 3.44. The van der Waals surface area contributed by atoms with E-state index >= 15 is 0 Å². The van der Waals surface area contributed by atoms with Crippen molar-refractivity contribution in [1.29, 1.82) is 0 Å². The lowest BCUT2D eigenvalue weighted by atomic mass is 10.0. The predicted molar refractivity (Wildman–Crippen MR) is 133 cm³/mol. The summed E-state index contributed by atoms with van der Waals surface area (Å²) in [5.41, 5.74) is 2.12. The second kappa shape index (κ2) is 9.05. The van der Waals surface area contributed by atoms with E-state index in [1.54, 1.807) is 28.9 Å². The van der Waals surface area contributed by atoms with Gasteiger partial charge in [-0.25, -0.2) is 14.6 Å². The normalized spacial score (nSPS) is 15.4. The number of carboxylic acid groups (broad SMARTS) is 2. The summed E-state index contributed by atoms with van der Waals surface area (Å²) in [6.45, 7) is 0. The van der Waals surface area contributed by atoms with Crippen molar-refractivity contribution in [3.63, 3.8) is 0 Å². The average molecular weight is 488 g/mol. The fourth-order valence-electron chi connectivity index (χ4n) is 3.54. The van der Waals surface area contributed by atoms with E-state index in [0.717, 1.165) is 10.5 Å². The molecule has 5 rings (SSSR count). The minimum absolute atomic E-state index is 0.0445. The Balaban J connectivity index is 1.47. The maximum atomic E-state index is 11.8. The Hall–Kier alpha value is -4.08. The largest absolute Gasteiger partial charge is 0.478 e. The molecule has 1 aliphatic heterocycles. The van der Waals surface area contributed by atoms with Crippen LogP contribution in [0.2, 0.25) is 0 Å². The van der Waals surface area contributed by atoms with Gasteiger partial charge in [-0.3, -0.25) is 4.98 Å². The number of fused-ring (bicyclic) bond motifs is 1. The van der Waals surface area contributed by atoms with E-state index in [2.05, 4.69) is 38.9 Å². The van der Waals surface area contributed by atoms with Crippen LogP contribution in [0.15, 0.2) is 78.0 Å². The van der Waals surface area contributed by atoms with Crippen LogP contribution >= 0.6 is 22.7 Å². The van der Waals surface area contributed by atoms with Gasteiger partial charge in [-0.1, -0.05) is 6.08 Å². The Morgan fingerprint density at radius 1 is 0.971 bits per heavy atom. The molecule has 1 aliphatic rings. The van der Waals surface area contributed by atoms with Crippen LogP contribution in [-0.2, 0) is 0 Å². The number of nitrogens with one attached hydrogen (secondary N) is 1. The minimum Gasteiger partial charge on any atom is -0.478 e. The highest BCUT2D eigenvalue weighted by molar-refractivity contribution is 7.27. The lowest BCUT2D eigenvalue weighted by molar-refractivity contribution is 0.0685. The van der Waals surface area contributed by atoms with E-state index in [4.69, 9.17) is 0 Å². The highest BCUT2D eigenvalue weighted by Gasteiger charge is 2.18. The van der Waals surface area contributed by atoms with Crippen LogP contribution < -0.4 is 5.32 Å². The van der Waals surface area contributed by atoms with Crippen LogP contribution in [0.25, 0.3) is 26.9 Å². The van der Waals surface area contributed by atoms with Gasteiger partial charge in [-0.05, 0) is 71.8 Å². The molecule has 0 aliphatic carbocycles. The van der Waals surface area contributed by atoms with Crippen molar-refractivity contribution in [3.05, 3.63) is 99.7 Å². The summed E-state index contributed by atoms with van der Waals surface area (Å²) in [5, 5.41) is 24.2. The molecule has 168 valence electrons. The van der Waals surface area contributed by atoms with Crippen LogP contribution in [0.4, 0.5) is 0 Å². The summed E-state index contributed by atoms with van der Waals surface area (Å²) in [6, 6.07) is 9.57. The molecule has 0 spiro atoms. The molecule has 9 heteroatoms. The molecule has 0 amide bonds. The molecular weight excluding hydrogens is 470 g/mol. The number of rotatable bonds is 6. The molecule has 1 atom stereocenters. The van der Waals surface area contributed by atoms with Crippen molar-refractivity contribution in [2.24, 2.45) is 0 Å². The lowest BCUT2D eigenvalue weighted by Gasteiger charge is -2.19. The first-order valence-corrected chi connectivity index (χ1v) is 11.9. The highest BCUT2D eigenvalue weighted by atomic mass is 32.1. The molecule has 0 bridgehead atoms. The van der Waals surface area contributed by atoms with Gasteiger partial charge in [0.05, 0.1) is 34.3 Å². The number of thiophene rings is 2. The molecule has 7 nitrogen and oxygen atoms in total. The van der Waals surface area contributed by atoms with Crippen LogP contribution in [0, 0.1) is 0 Å². The zero-order chi connectivity index (χ0) is 23.7. The van der Waals surface area contributed by atoms with Crippen molar-refractivity contribution in [1.82, 2.24) is 15.3 Å². The van der Waals surface area contributed by atoms with Crippen LogP contribution in [0.1, 0.15) is 37.3 Å². The van der Waals surface area contributed by atoms with Crippen LogP contribution in [0.3, 0.4) is 0 Å². The topological polar surface area (TPSA) is 112 Å². The Morgan fingerprint density at radius 3 is 2.59 bits per heavy atom. The predicted octanol–water partition coefficient (Wildman–Crippen LogP) is 5.61. The van der Waals surface area contributed by atoms with E-state index in [1.807, 2.05) is 18.2 Å². The molecule has 0 saturated heterocycles. The van der Waals surface area contributed by atoms with E-state index in [9.17, 15) is 19.8 Å². The molecule has 0 aromatic carbocycles. The molecule has 4 aromatic heterocycles. The van der Waals surface area contributed by atoms with Gasteiger partial charge >= 0.3 is 11.9 Å². The minimum atomic E-state index is -1.10. The summed E-state index contributed by atoms with van der Waals surface area (Å²) in [6.07, 6.45) is 11.1. The smallest absolute Gasteiger partial charge is 0.335 e. The Labute approximate surface area is 202 Å². The summed E-state index contributed by atoms with van der Waals surface area (Å²) < 4.78 is 2.53. The van der Waals surface area contributed by atoms with Gasteiger partial charge in [0.25, 0.3) is 0 Å². The molecule has 0 radical (unpaired) electrons. The number of pyridine rings is 2. The first-order chi connectivity index (χ1) is 16.5. The second-order valence-electron chi connectivity index (χ2n) is 7.48. The quantitative estimate of drug-likeness (QED) is 0.324. The summed E-state index contributed by atoms with van der Waals surface area (Å²) in [7, 11) is 0. The zero-order valence-corrected chi connectivity index (χ0v) is 19.1. The van der Waals surface area contributed by atoms with Crippen molar-refractivity contribution in [2.45, 2.75) is 6.04 Å². The number of carboxylic acids is 2. The second-order valence-corrected chi connectivity index (χ2v) is 9.54. The van der Waals surface area contributed by atoms with Crippen LogP contribution in [-0.4, -0.2) is 32.1 Å². The molecule has 5 heterocycles. The van der Waals surface area contributed by atoms with Crippen LogP contribution in [0.5, 0.6) is 0 Å². The first kappa shape index (κ1) is 21.7.